The fourth-order valence-corrected chi connectivity index (χ4v) is 2.93. The minimum absolute atomic E-state index is 0.0943. The number of nitrogens with zero attached hydrogens (tertiary/aromatic N) is 3. The molecule has 0 spiro atoms. The van der Waals surface area contributed by atoms with Crippen LogP contribution in [0.3, 0.4) is 0 Å². The van der Waals surface area contributed by atoms with E-state index in [9.17, 15) is 4.79 Å². The van der Waals surface area contributed by atoms with Crippen LogP contribution in [0.4, 0.5) is 5.69 Å². The van der Waals surface area contributed by atoms with Crippen molar-refractivity contribution in [3.8, 4) is 0 Å². The van der Waals surface area contributed by atoms with Crippen molar-refractivity contribution >= 4 is 29.2 Å². The Bertz CT molecular complexity index is 1170. The number of amides is 1. The molecule has 1 atom stereocenters. The van der Waals surface area contributed by atoms with Gasteiger partial charge in [-0.25, -0.2) is 4.99 Å². The molecule has 0 saturated carbocycles. The molecule has 1 amide bonds. The number of benzodiazepines with no additional fused rings is 1. The first-order valence-electron chi connectivity index (χ1n) is 10.1. The summed E-state index contributed by atoms with van der Waals surface area (Å²) in [4.78, 5) is 21.4. The monoisotopic (exact) mass is 432 g/mol. The molecule has 0 bridgehead atoms. The highest BCUT2D eigenvalue weighted by Gasteiger charge is 2.26. The SMILES string of the molecule is CC.Cc1cc(C(=N)O/C(N)=N/C2N=C(c3ccccc3)c3ccccc3NC2=O)on1. The fraction of sp³-hybridized carbons (Fsp3) is 0.174. The zero-order valence-electron chi connectivity index (χ0n) is 18.0. The Hall–Kier alpha value is -4.27. The lowest BCUT2D eigenvalue weighted by atomic mass is 10.0. The van der Waals surface area contributed by atoms with Gasteiger partial charge in [-0.3, -0.25) is 10.2 Å². The first kappa shape index (κ1) is 22.4. The number of fused-ring (bicyclic) bond motifs is 1. The molecule has 1 aliphatic heterocycles. The zero-order valence-corrected chi connectivity index (χ0v) is 18.0. The van der Waals surface area contributed by atoms with Gasteiger partial charge in [0, 0.05) is 17.2 Å². The Morgan fingerprint density at radius 2 is 1.84 bits per heavy atom. The number of benzene rings is 2. The molecule has 1 unspecified atom stereocenters. The van der Waals surface area contributed by atoms with Crippen LogP contribution in [0.25, 0.3) is 0 Å². The van der Waals surface area contributed by atoms with Gasteiger partial charge in [0.1, 0.15) is 0 Å². The second kappa shape index (κ2) is 10.2. The van der Waals surface area contributed by atoms with Crippen LogP contribution in [0, 0.1) is 12.3 Å². The Kier molecular flexibility index (Phi) is 7.12. The van der Waals surface area contributed by atoms with Gasteiger partial charge >= 0.3 is 0 Å². The highest BCUT2D eigenvalue weighted by Crippen LogP contribution is 2.24. The van der Waals surface area contributed by atoms with Crippen molar-refractivity contribution in [2.75, 3.05) is 5.32 Å². The lowest BCUT2D eigenvalue weighted by Gasteiger charge is -2.09. The van der Waals surface area contributed by atoms with Gasteiger partial charge in [-0.1, -0.05) is 67.5 Å². The zero-order chi connectivity index (χ0) is 23.1. The van der Waals surface area contributed by atoms with Crippen LogP contribution in [0.2, 0.25) is 0 Å². The minimum Gasteiger partial charge on any atom is -0.404 e. The molecule has 2 aromatic carbocycles. The van der Waals surface area contributed by atoms with Crippen molar-refractivity contribution in [3.05, 3.63) is 83.2 Å². The van der Waals surface area contributed by atoms with Gasteiger partial charge in [-0.05, 0) is 13.0 Å². The van der Waals surface area contributed by atoms with E-state index >= 15 is 0 Å². The van der Waals surface area contributed by atoms with Crippen molar-refractivity contribution in [3.63, 3.8) is 0 Å². The van der Waals surface area contributed by atoms with Crippen LogP contribution in [-0.4, -0.2) is 34.9 Å². The number of anilines is 1. The Morgan fingerprint density at radius 3 is 2.53 bits per heavy atom. The molecule has 1 aromatic heterocycles. The smallest absolute Gasteiger partial charge is 0.291 e. The number of carbonyl (C=O) groups is 1. The number of nitrogens with one attached hydrogen (secondary N) is 2. The summed E-state index contributed by atoms with van der Waals surface area (Å²) in [6.45, 7) is 5.71. The molecule has 3 aromatic rings. The molecule has 32 heavy (non-hydrogen) atoms. The molecule has 0 aliphatic carbocycles. The van der Waals surface area contributed by atoms with Crippen LogP contribution in [0.5, 0.6) is 0 Å². The average molecular weight is 432 g/mol. The van der Waals surface area contributed by atoms with Crippen molar-refractivity contribution in [1.29, 1.82) is 5.41 Å². The number of aliphatic imine (C=N–C) groups is 2. The maximum atomic E-state index is 12.7. The summed E-state index contributed by atoms with van der Waals surface area (Å²) in [5.74, 6) is -0.750. The fourth-order valence-electron chi connectivity index (χ4n) is 2.93. The number of amidine groups is 1. The third-order valence-corrected chi connectivity index (χ3v) is 4.28. The van der Waals surface area contributed by atoms with E-state index < -0.39 is 18.1 Å². The number of hydrogen-bond acceptors (Lipinski definition) is 7. The molecular weight excluding hydrogens is 408 g/mol. The van der Waals surface area contributed by atoms with Crippen molar-refractivity contribution in [2.24, 2.45) is 15.7 Å². The van der Waals surface area contributed by atoms with Gasteiger partial charge in [0.2, 0.25) is 11.9 Å². The number of hydrogen-bond donors (Lipinski definition) is 3. The summed E-state index contributed by atoms with van der Waals surface area (Å²) >= 11 is 0. The molecule has 4 N–H and O–H groups in total. The van der Waals surface area contributed by atoms with Gasteiger partial charge in [0.25, 0.3) is 17.8 Å². The van der Waals surface area contributed by atoms with Crippen LogP contribution < -0.4 is 11.1 Å². The summed E-state index contributed by atoms with van der Waals surface area (Å²) in [6, 6.07) is 17.9. The van der Waals surface area contributed by atoms with Crippen molar-refractivity contribution < 1.29 is 14.1 Å². The van der Waals surface area contributed by atoms with E-state index in [1.165, 1.54) is 6.07 Å². The van der Waals surface area contributed by atoms with Crippen LogP contribution >= 0.6 is 0 Å². The van der Waals surface area contributed by atoms with E-state index in [0.29, 0.717) is 17.1 Å². The van der Waals surface area contributed by atoms with Crippen LogP contribution in [0.1, 0.15) is 36.4 Å². The Labute approximate surface area is 185 Å². The average Bonchev–Trinajstić information content (AvgIpc) is 3.20. The van der Waals surface area contributed by atoms with Crippen LogP contribution in [-0.2, 0) is 9.53 Å². The Balaban J connectivity index is 0.00000141. The molecular formula is C23H24N6O3. The molecule has 9 heteroatoms. The predicted octanol–water partition coefficient (Wildman–Crippen LogP) is 3.48. The van der Waals surface area contributed by atoms with E-state index in [-0.39, 0.29) is 11.7 Å². The molecule has 0 fully saturated rings. The summed E-state index contributed by atoms with van der Waals surface area (Å²) in [6.07, 6.45) is -1.20. The second-order valence-corrected chi connectivity index (χ2v) is 6.48. The summed E-state index contributed by atoms with van der Waals surface area (Å²) in [7, 11) is 0. The molecule has 4 rings (SSSR count). The predicted molar refractivity (Wildman–Crippen MR) is 123 cm³/mol. The van der Waals surface area contributed by atoms with Gasteiger partial charge in [-0.15, -0.1) is 0 Å². The minimum atomic E-state index is -1.20. The third kappa shape index (κ3) is 5.07. The van der Waals surface area contributed by atoms with E-state index in [2.05, 4.69) is 20.5 Å². The quantitative estimate of drug-likeness (QED) is 0.429. The van der Waals surface area contributed by atoms with Crippen molar-refractivity contribution in [1.82, 2.24) is 5.16 Å². The van der Waals surface area contributed by atoms with Gasteiger partial charge in [0.05, 0.1) is 17.1 Å². The number of nitrogens with two attached hydrogens (primary N) is 1. The van der Waals surface area contributed by atoms with E-state index in [4.69, 9.17) is 20.4 Å². The molecule has 2 heterocycles. The molecule has 164 valence electrons. The first-order valence-corrected chi connectivity index (χ1v) is 10.1. The maximum Gasteiger partial charge on any atom is 0.291 e. The highest BCUT2D eigenvalue weighted by atomic mass is 16.5. The topological polar surface area (TPSA) is 139 Å². The van der Waals surface area contributed by atoms with Crippen LogP contribution in [0.15, 0.2) is 75.2 Å². The van der Waals surface area contributed by atoms with Gasteiger partial charge in [-0.2, -0.15) is 4.99 Å². The third-order valence-electron chi connectivity index (χ3n) is 4.28. The van der Waals surface area contributed by atoms with E-state index in [1.807, 2.05) is 62.4 Å². The van der Waals surface area contributed by atoms with Gasteiger partial charge < -0.3 is 20.3 Å². The molecule has 1 aliphatic rings. The maximum absolute atomic E-state index is 12.7. The molecule has 0 radical (unpaired) electrons. The highest BCUT2D eigenvalue weighted by molar-refractivity contribution is 6.19. The summed E-state index contributed by atoms with van der Waals surface area (Å²) in [5, 5.41) is 14.4. The summed E-state index contributed by atoms with van der Waals surface area (Å²) in [5.41, 5.74) is 9.21. The number of rotatable bonds is 3. The number of ether oxygens (including phenoxy) is 1. The van der Waals surface area contributed by atoms with E-state index in [0.717, 1.165) is 11.1 Å². The first-order chi connectivity index (χ1) is 15.5. The second-order valence-electron chi connectivity index (χ2n) is 6.48. The number of aryl methyl sites for hydroxylation is 1. The molecule has 9 nitrogen and oxygen atoms in total. The van der Waals surface area contributed by atoms with E-state index in [1.54, 1.807) is 13.0 Å². The normalized spacial score (nSPS) is 15.3. The lowest BCUT2D eigenvalue weighted by Crippen LogP contribution is -2.29. The number of para-hydroxylation sites is 1. The molecule has 0 saturated heterocycles. The standard InChI is InChI=1S/C21H18N6O3.C2H6/c1-12-11-16(30-27-12)18(22)29-21(23)26-19-20(28)24-15-10-6-5-9-14(15)17(25-19)13-7-3-2-4-8-13;1-2/h2-11,19,22H,1H3,(H2,23,26)(H,24,28);1-2H3. The van der Waals surface area contributed by atoms with Gasteiger partial charge in [0.15, 0.2) is 0 Å². The number of aromatic nitrogens is 1. The van der Waals surface area contributed by atoms with Crippen molar-refractivity contribution in [2.45, 2.75) is 26.9 Å². The largest absolute Gasteiger partial charge is 0.404 e. The number of carbonyl (C=O) groups excluding carboxylic acids is 1. The lowest BCUT2D eigenvalue weighted by molar-refractivity contribution is -0.117. The summed E-state index contributed by atoms with van der Waals surface area (Å²) < 4.78 is 10.1. The Morgan fingerprint density at radius 1 is 1.16 bits per heavy atom.